The highest BCUT2D eigenvalue weighted by atomic mass is 16.4. The number of nitrogens with two attached hydrogens (primary N) is 1. The summed E-state index contributed by atoms with van der Waals surface area (Å²) < 4.78 is 4.73. The minimum Gasteiger partial charge on any atom is -0.447 e. The Balaban J connectivity index is 2.62. The highest BCUT2D eigenvalue weighted by Crippen LogP contribution is 2.30. The quantitative estimate of drug-likeness (QED) is 0.565. The predicted octanol–water partition coefficient (Wildman–Crippen LogP) is 2.17. The SMILES string of the molecule is [B]OCC1CCCC(C(C)=N)/C(=C\N)CC1. The molecule has 0 aromatic heterocycles. The minimum atomic E-state index is 0.254. The second kappa shape index (κ2) is 6.74. The van der Waals surface area contributed by atoms with Gasteiger partial charge in [0.15, 0.2) is 0 Å². The molecular weight excluding hydrogens is 199 g/mol. The highest BCUT2D eigenvalue weighted by molar-refractivity contribution is 5.97. The van der Waals surface area contributed by atoms with Crippen molar-refractivity contribution < 1.29 is 4.65 Å². The molecule has 16 heavy (non-hydrogen) atoms. The molecule has 3 nitrogen and oxygen atoms in total. The lowest BCUT2D eigenvalue weighted by atomic mass is 9.81. The molecular formula is C12H21BN2O. The normalized spacial score (nSPS) is 29.7. The van der Waals surface area contributed by atoms with E-state index in [4.69, 9.17) is 23.8 Å². The van der Waals surface area contributed by atoms with Gasteiger partial charge in [0.2, 0.25) is 0 Å². The van der Waals surface area contributed by atoms with Crippen molar-refractivity contribution in [2.24, 2.45) is 17.6 Å². The molecule has 0 aliphatic heterocycles. The van der Waals surface area contributed by atoms with E-state index in [0.29, 0.717) is 12.5 Å². The molecule has 88 valence electrons. The first-order valence-corrected chi connectivity index (χ1v) is 5.96. The van der Waals surface area contributed by atoms with Crippen molar-refractivity contribution in [1.82, 2.24) is 0 Å². The fourth-order valence-corrected chi connectivity index (χ4v) is 2.48. The molecule has 1 rings (SSSR count). The van der Waals surface area contributed by atoms with Crippen LogP contribution in [0.5, 0.6) is 0 Å². The van der Waals surface area contributed by atoms with Gasteiger partial charge in [-0.15, -0.1) is 0 Å². The third kappa shape index (κ3) is 3.67. The van der Waals surface area contributed by atoms with E-state index in [1.165, 1.54) is 5.57 Å². The van der Waals surface area contributed by atoms with Crippen molar-refractivity contribution in [1.29, 1.82) is 5.41 Å². The summed E-state index contributed by atoms with van der Waals surface area (Å²) in [6.07, 6.45) is 6.99. The van der Waals surface area contributed by atoms with Crippen molar-refractivity contribution in [3.05, 3.63) is 11.8 Å². The van der Waals surface area contributed by atoms with Crippen LogP contribution in [0.4, 0.5) is 0 Å². The summed E-state index contributed by atoms with van der Waals surface area (Å²) in [7, 11) is 5.12. The van der Waals surface area contributed by atoms with Crippen LogP contribution in [-0.4, -0.2) is 20.4 Å². The standard InChI is InChI=1S/C12H21BN2O/c1-9(15)12-4-2-3-10(8-16-13)5-6-11(12)7-14/h7,10,12,15H,2-6,8,14H2,1H3/b11-7-,15-9?. The molecule has 4 heteroatoms. The lowest BCUT2D eigenvalue weighted by molar-refractivity contribution is 0.238. The average Bonchev–Trinajstić information content (AvgIpc) is 2.22. The zero-order valence-corrected chi connectivity index (χ0v) is 10.0. The van der Waals surface area contributed by atoms with Gasteiger partial charge in [0.05, 0.1) is 0 Å². The number of nitrogens with one attached hydrogen (secondary N) is 1. The zero-order chi connectivity index (χ0) is 12.0. The molecule has 1 aliphatic rings. The van der Waals surface area contributed by atoms with E-state index in [2.05, 4.69) is 0 Å². The maximum atomic E-state index is 7.78. The molecule has 1 fully saturated rings. The topological polar surface area (TPSA) is 59.1 Å². The third-order valence-electron chi connectivity index (χ3n) is 3.46. The number of allylic oxidation sites excluding steroid dienone is 1. The second-order valence-electron chi connectivity index (χ2n) is 4.65. The summed E-state index contributed by atoms with van der Waals surface area (Å²) in [6.45, 7) is 2.50. The monoisotopic (exact) mass is 220 g/mol. The smallest absolute Gasteiger partial charge is 0.282 e. The van der Waals surface area contributed by atoms with E-state index in [9.17, 15) is 0 Å². The molecule has 2 atom stereocenters. The van der Waals surface area contributed by atoms with E-state index < -0.39 is 0 Å². The Morgan fingerprint density at radius 3 is 2.88 bits per heavy atom. The highest BCUT2D eigenvalue weighted by Gasteiger charge is 2.21. The van der Waals surface area contributed by atoms with Crippen molar-refractivity contribution in [3.63, 3.8) is 0 Å². The summed E-state index contributed by atoms with van der Waals surface area (Å²) >= 11 is 0. The van der Waals surface area contributed by atoms with Crippen molar-refractivity contribution in [3.8, 4) is 0 Å². The maximum Gasteiger partial charge on any atom is 0.282 e. The summed E-state index contributed by atoms with van der Waals surface area (Å²) in [5.41, 5.74) is 7.59. The molecule has 0 amide bonds. The fourth-order valence-electron chi connectivity index (χ4n) is 2.48. The minimum absolute atomic E-state index is 0.254. The Kier molecular flexibility index (Phi) is 5.60. The Bertz CT molecular complexity index is 266. The molecule has 2 unspecified atom stereocenters. The number of hydrogen-bond acceptors (Lipinski definition) is 3. The first-order valence-electron chi connectivity index (χ1n) is 5.96. The van der Waals surface area contributed by atoms with Crippen LogP contribution in [0.3, 0.4) is 0 Å². The Labute approximate surface area is 99.4 Å². The number of rotatable bonds is 3. The van der Waals surface area contributed by atoms with Gasteiger partial charge in [-0.3, -0.25) is 0 Å². The molecule has 0 aromatic carbocycles. The van der Waals surface area contributed by atoms with Crippen LogP contribution in [0.15, 0.2) is 11.8 Å². The van der Waals surface area contributed by atoms with Gasteiger partial charge in [-0.1, -0.05) is 6.42 Å². The fraction of sp³-hybridized carbons (Fsp3) is 0.750. The molecule has 0 spiro atoms. The van der Waals surface area contributed by atoms with Gasteiger partial charge >= 0.3 is 0 Å². The van der Waals surface area contributed by atoms with Crippen LogP contribution in [0.1, 0.15) is 39.0 Å². The van der Waals surface area contributed by atoms with Crippen LogP contribution in [0.25, 0.3) is 0 Å². The first-order chi connectivity index (χ1) is 7.69. The summed E-state index contributed by atoms with van der Waals surface area (Å²) in [4.78, 5) is 0. The summed E-state index contributed by atoms with van der Waals surface area (Å²) in [5, 5.41) is 7.78. The lowest BCUT2D eigenvalue weighted by Gasteiger charge is -2.26. The van der Waals surface area contributed by atoms with Crippen LogP contribution in [0.2, 0.25) is 0 Å². The van der Waals surface area contributed by atoms with Crippen molar-refractivity contribution in [2.45, 2.75) is 39.0 Å². The summed E-state index contributed by atoms with van der Waals surface area (Å²) in [5.74, 6) is 0.789. The van der Waals surface area contributed by atoms with Crippen LogP contribution < -0.4 is 5.73 Å². The molecule has 1 saturated carbocycles. The van der Waals surface area contributed by atoms with Gasteiger partial charge in [-0.25, -0.2) is 0 Å². The molecule has 0 saturated heterocycles. The Morgan fingerprint density at radius 2 is 2.31 bits per heavy atom. The van der Waals surface area contributed by atoms with E-state index in [1.807, 2.05) is 6.92 Å². The second-order valence-corrected chi connectivity index (χ2v) is 4.65. The molecule has 3 N–H and O–H groups in total. The first kappa shape index (κ1) is 13.3. The van der Waals surface area contributed by atoms with Crippen molar-refractivity contribution in [2.75, 3.05) is 6.61 Å². The predicted molar refractivity (Wildman–Crippen MR) is 67.4 cm³/mol. The van der Waals surface area contributed by atoms with Gasteiger partial charge in [-0.2, -0.15) is 0 Å². The average molecular weight is 220 g/mol. The van der Waals surface area contributed by atoms with E-state index >= 15 is 0 Å². The van der Waals surface area contributed by atoms with Crippen molar-refractivity contribution >= 4 is 13.8 Å². The molecule has 2 radical (unpaired) electrons. The van der Waals surface area contributed by atoms with E-state index in [-0.39, 0.29) is 5.92 Å². The summed E-state index contributed by atoms with van der Waals surface area (Å²) in [6, 6.07) is 0. The van der Waals surface area contributed by atoms with Crippen LogP contribution in [-0.2, 0) is 4.65 Å². The molecule has 0 aromatic rings. The largest absolute Gasteiger partial charge is 0.447 e. The van der Waals surface area contributed by atoms with Gasteiger partial charge in [-0.05, 0) is 50.3 Å². The molecule has 0 bridgehead atoms. The third-order valence-corrected chi connectivity index (χ3v) is 3.46. The van der Waals surface area contributed by atoms with Crippen LogP contribution >= 0.6 is 0 Å². The van der Waals surface area contributed by atoms with Gasteiger partial charge in [0.1, 0.15) is 0 Å². The van der Waals surface area contributed by atoms with Gasteiger partial charge < -0.3 is 15.8 Å². The van der Waals surface area contributed by atoms with E-state index in [0.717, 1.165) is 37.8 Å². The Hall–Kier alpha value is -0.765. The van der Waals surface area contributed by atoms with Gasteiger partial charge in [0.25, 0.3) is 8.05 Å². The molecule has 1 aliphatic carbocycles. The Morgan fingerprint density at radius 1 is 1.56 bits per heavy atom. The van der Waals surface area contributed by atoms with E-state index in [1.54, 1.807) is 6.20 Å². The van der Waals surface area contributed by atoms with Crippen LogP contribution in [0, 0.1) is 17.2 Å². The lowest BCUT2D eigenvalue weighted by Crippen LogP contribution is -2.20. The zero-order valence-electron chi connectivity index (χ0n) is 10.0. The maximum absolute atomic E-state index is 7.78. The number of hydrogen-bond donors (Lipinski definition) is 2. The van der Waals surface area contributed by atoms with Gasteiger partial charge in [0, 0.05) is 18.2 Å². The molecule has 0 heterocycles.